The maximum atomic E-state index is 12.3. The van der Waals surface area contributed by atoms with E-state index in [2.05, 4.69) is 4.72 Å². The van der Waals surface area contributed by atoms with E-state index in [-0.39, 0.29) is 10.9 Å². The molecule has 2 rings (SSSR count). The van der Waals surface area contributed by atoms with Crippen LogP contribution in [0, 0.1) is 6.92 Å². The summed E-state index contributed by atoms with van der Waals surface area (Å²) in [6.45, 7) is 2.25. The third-order valence-corrected chi connectivity index (χ3v) is 6.45. The lowest BCUT2D eigenvalue weighted by atomic mass is 10.1. The number of sulfonamides is 1. The monoisotopic (exact) mass is 316 g/mol. The Morgan fingerprint density at radius 1 is 1.35 bits per heavy atom. The van der Waals surface area contributed by atoms with E-state index in [1.807, 2.05) is 6.92 Å². The lowest BCUT2D eigenvalue weighted by Crippen LogP contribution is -2.39. The molecule has 0 spiro atoms. The predicted octanol–water partition coefficient (Wildman–Crippen LogP) is 0.643. The quantitative estimate of drug-likeness (QED) is 0.853. The van der Waals surface area contributed by atoms with E-state index >= 15 is 0 Å². The van der Waals surface area contributed by atoms with Crippen molar-refractivity contribution in [1.82, 2.24) is 4.72 Å². The van der Waals surface area contributed by atoms with Gasteiger partial charge in [0.05, 0.1) is 4.90 Å². The van der Waals surface area contributed by atoms with E-state index in [0.717, 1.165) is 11.1 Å². The zero-order chi connectivity index (χ0) is 14.8. The van der Waals surface area contributed by atoms with Gasteiger partial charge in [0.2, 0.25) is 10.0 Å². The average Bonchev–Trinajstić information content (AvgIpc) is 2.41. The van der Waals surface area contributed by atoms with Crippen LogP contribution in [0.1, 0.15) is 24.0 Å². The molecule has 0 amide bonds. The van der Waals surface area contributed by atoms with Gasteiger partial charge in [0.1, 0.15) is 0 Å². The van der Waals surface area contributed by atoms with Crippen molar-refractivity contribution in [2.75, 3.05) is 11.5 Å². The summed E-state index contributed by atoms with van der Waals surface area (Å²) in [7, 11) is -4.31. The third-order valence-electron chi connectivity index (χ3n) is 3.55. The Balaban J connectivity index is 2.14. The molecule has 1 aromatic carbocycles. The summed E-state index contributed by atoms with van der Waals surface area (Å²) >= 11 is 0. The lowest BCUT2D eigenvalue weighted by Gasteiger charge is -2.22. The Bertz CT molecular complexity index is 604. The molecular weight excluding hydrogens is 296 g/mol. The number of nitrogens with one attached hydrogen (secondary N) is 1. The molecule has 0 aliphatic carbocycles. The van der Waals surface area contributed by atoms with E-state index in [4.69, 9.17) is 5.73 Å². The Morgan fingerprint density at radius 2 is 2.00 bits per heavy atom. The zero-order valence-corrected chi connectivity index (χ0v) is 13.1. The molecule has 1 aliphatic heterocycles. The standard InChI is InChI=1S/C13H20N2O3S2/c1-10-8-13(3-2-11(10)9-14)20(17,18)15-12-4-6-19(16)7-5-12/h2-3,8,12,15H,4-7,9,14H2,1H3. The molecule has 1 fully saturated rings. The normalized spacial score (nSPS) is 23.7. The molecule has 112 valence electrons. The second-order valence-corrected chi connectivity index (χ2v) is 8.45. The highest BCUT2D eigenvalue weighted by Gasteiger charge is 2.24. The molecule has 0 bridgehead atoms. The van der Waals surface area contributed by atoms with Gasteiger partial charge in [-0.1, -0.05) is 6.07 Å². The van der Waals surface area contributed by atoms with Crippen molar-refractivity contribution >= 4 is 20.8 Å². The minimum absolute atomic E-state index is 0.118. The molecule has 7 heteroatoms. The second-order valence-electron chi connectivity index (χ2n) is 5.04. The fourth-order valence-corrected chi connectivity index (χ4v) is 4.95. The summed E-state index contributed by atoms with van der Waals surface area (Å²) in [5.74, 6) is 1.14. The predicted molar refractivity (Wildman–Crippen MR) is 80.3 cm³/mol. The minimum Gasteiger partial charge on any atom is -0.326 e. The van der Waals surface area contributed by atoms with E-state index in [0.29, 0.717) is 30.9 Å². The van der Waals surface area contributed by atoms with Crippen molar-refractivity contribution in [3.8, 4) is 0 Å². The van der Waals surface area contributed by atoms with Crippen LogP contribution in [0.25, 0.3) is 0 Å². The van der Waals surface area contributed by atoms with Crippen LogP contribution in [0.2, 0.25) is 0 Å². The molecule has 5 nitrogen and oxygen atoms in total. The van der Waals surface area contributed by atoms with Crippen LogP contribution >= 0.6 is 0 Å². The van der Waals surface area contributed by atoms with Gasteiger partial charge in [-0.2, -0.15) is 0 Å². The highest BCUT2D eigenvalue weighted by atomic mass is 32.2. The maximum Gasteiger partial charge on any atom is 0.240 e. The first-order valence-electron chi connectivity index (χ1n) is 6.59. The van der Waals surface area contributed by atoms with Gasteiger partial charge in [-0.3, -0.25) is 4.21 Å². The molecule has 0 atom stereocenters. The largest absolute Gasteiger partial charge is 0.326 e. The number of hydrogen-bond acceptors (Lipinski definition) is 4. The van der Waals surface area contributed by atoms with Crippen LogP contribution in [0.15, 0.2) is 23.1 Å². The van der Waals surface area contributed by atoms with E-state index in [9.17, 15) is 12.6 Å². The van der Waals surface area contributed by atoms with Crippen molar-refractivity contribution in [2.45, 2.75) is 37.2 Å². The summed E-state index contributed by atoms with van der Waals surface area (Å²) in [5.41, 5.74) is 7.40. The van der Waals surface area contributed by atoms with Gasteiger partial charge < -0.3 is 5.73 Å². The van der Waals surface area contributed by atoms with Crippen LogP contribution in [-0.4, -0.2) is 30.2 Å². The number of benzene rings is 1. The Kier molecular flexibility index (Phi) is 4.95. The van der Waals surface area contributed by atoms with Crippen molar-refractivity contribution < 1.29 is 12.6 Å². The Hall–Kier alpha value is -0.760. The fourth-order valence-electron chi connectivity index (χ4n) is 2.26. The highest BCUT2D eigenvalue weighted by Crippen LogP contribution is 2.17. The van der Waals surface area contributed by atoms with E-state index in [1.54, 1.807) is 18.2 Å². The third kappa shape index (κ3) is 3.66. The molecule has 3 N–H and O–H groups in total. The van der Waals surface area contributed by atoms with E-state index < -0.39 is 20.8 Å². The number of hydrogen-bond donors (Lipinski definition) is 2. The van der Waals surface area contributed by atoms with Crippen molar-refractivity contribution in [2.24, 2.45) is 5.73 Å². The minimum atomic E-state index is -3.51. The highest BCUT2D eigenvalue weighted by molar-refractivity contribution is 7.89. The molecule has 1 saturated heterocycles. The zero-order valence-electron chi connectivity index (χ0n) is 11.5. The van der Waals surface area contributed by atoms with Gasteiger partial charge in [-0.25, -0.2) is 13.1 Å². The molecule has 1 aromatic rings. The molecule has 0 aromatic heterocycles. The first-order valence-corrected chi connectivity index (χ1v) is 9.56. The van der Waals surface area contributed by atoms with E-state index in [1.165, 1.54) is 0 Å². The summed E-state index contributed by atoms with van der Waals surface area (Å²) in [6, 6.07) is 4.86. The van der Waals surface area contributed by atoms with Crippen LogP contribution < -0.4 is 10.5 Å². The molecule has 20 heavy (non-hydrogen) atoms. The van der Waals surface area contributed by atoms with Gasteiger partial charge in [-0.15, -0.1) is 0 Å². The summed E-state index contributed by atoms with van der Waals surface area (Å²) in [6.07, 6.45) is 1.26. The lowest BCUT2D eigenvalue weighted by molar-refractivity contribution is 0.522. The molecule has 0 radical (unpaired) electrons. The molecule has 0 saturated carbocycles. The molecular formula is C13H20N2O3S2. The summed E-state index contributed by atoms with van der Waals surface area (Å²) in [5, 5.41) is 0. The molecule has 0 unspecified atom stereocenters. The van der Waals surface area contributed by atoms with Gasteiger partial charge in [0.15, 0.2) is 0 Å². The van der Waals surface area contributed by atoms with Crippen LogP contribution in [0.3, 0.4) is 0 Å². The van der Waals surface area contributed by atoms with Crippen LogP contribution in [0.4, 0.5) is 0 Å². The average molecular weight is 316 g/mol. The second kappa shape index (κ2) is 6.34. The van der Waals surface area contributed by atoms with Crippen molar-refractivity contribution in [3.05, 3.63) is 29.3 Å². The van der Waals surface area contributed by atoms with Gasteiger partial charge in [0, 0.05) is 34.9 Å². The van der Waals surface area contributed by atoms with Crippen LogP contribution in [0.5, 0.6) is 0 Å². The Labute approximate surface area is 122 Å². The summed E-state index contributed by atoms with van der Waals surface area (Å²) in [4.78, 5) is 0.263. The molecule has 1 aliphatic rings. The summed E-state index contributed by atoms with van der Waals surface area (Å²) < 4.78 is 38.6. The fraction of sp³-hybridized carbons (Fsp3) is 0.538. The smallest absolute Gasteiger partial charge is 0.240 e. The first kappa shape index (κ1) is 15.6. The van der Waals surface area contributed by atoms with Crippen molar-refractivity contribution in [1.29, 1.82) is 0 Å². The number of aryl methyl sites for hydroxylation is 1. The Morgan fingerprint density at radius 3 is 2.55 bits per heavy atom. The van der Waals surface area contributed by atoms with Gasteiger partial charge in [0.25, 0.3) is 0 Å². The SMILES string of the molecule is Cc1cc(S(=O)(=O)NC2CCS(=O)CC2)ccc1CN. The topological polar surface area (TPSA) is 89.3 Å². The first-order chi connectivity index (χ1) is 9.42. The van der Waals surface area contributed by atoms with Gasteiger partial charge in [-0.05, 0) is 43.0 Å². The van der Waals surface area contributed by atoms with Gasteiger partial charge >= 0.3 is 0 Å². The number of rotatable bonds is 4. The van der Waals surface area contributed by atoms with Crippen LogP contribution in [-0.2, 0) is 27.4 Å². The van der Waals surface area contributed by atoms with Crippen molar-refractivity contribution in [3.63, 3.8) is 0 Å². The maximum absolute atomic E-state index is 12.3. The number of nitrogens with two attached hydrogens (primary N) is 1. The molecule has 1 heterocycles.